The molecule has 146 valence electrons. The van der Waals surface area contributed by atoms with Gasteiger partial charge in [-0.05, 0) is 30.3 Å². The number of benzene rings is 3. The molecule has 0 bridgehead atoms. The molecule has 0 radical (unpaired) electrons. The Balaban J connectivity index is 1.58. The first-order valence-corrected chi connectivity index (χ1v) is 9.58. The molecule has 0 aliphatic rings. The molecule has 0 atom stereocenters. The molecule has 0 saturated heterocycles. The van der Waals surface area contributed by atoms with Crippen LogP contribution in [0.15, 0.2) is 95.0 Å². The molecule has 30 heavy (non-hydrogen) atoms. The number of hydrogen-bond donors (Lipinski definition) is 1. The Morgan fingerprint density at radius 2 is 1.67 bits per heavy atom. The molecule has 0 fully saturated rings. The van der Waals surface area contributed by atoms with Crippen LogP contribution in [-0.2, 0) is 6.61 Å². The van der Waals surface area contributed by atoms with Crippen LogP contribution in [0.25, 0.3) is 21.8 Å². The van der Waals surface area contributed by atoms with Crippen molar-refractivity contribution in [1.82, 2.24) is 14.6 Å². The van der Waals surface area contributed by atoms with Crippen LogP contribution in [0.2, 0.25) is 0 Å². The van der Waals surface area contributed by atoms with Crippen LogP contribution in [-0.4, -0.2) is 20.9 Å². The monoisotopic (exact) mass is 394 g/mol. The summed E-state index contributed by atoms with van der Waals surface area (Å²) in [6, 6.07) is 24.6. The maximum absolute atomic E-state index is 13.1. The summed E-state index contributed by atoms with van der Waals surface area (Å²) < 4.78 is 7.15. The van der Waals surface area contributed by atoms with Gasteiger partial charge in [0.05, 0.1) is 17.1 Å². The minimum Gasteiger partial charge on any atom is -0.486 e. The number of nitrogens with one attached hydrogen (secondary N) is 1. The topological polar surface area (TPSA) is 72.3 Å². The molecular weight excluding hydrogens is 376 g/mol. The van der Waals surface area contributed by atoms with Gasteiger partial charge in [-0.25, -0.2) is 4.98 Å². The number of para-hydroxylation sites is 3. The predicted molar refractivity (Wildman–Crippen MR) is 118 cm³/mol. The fraction of sp³-hybridized carbons (Fsp3) is 0.0417. The molecule has 6 nitrogen and oxygen atoms in total. The minimum absolute atomic E-state index is 0.120. The molecule has 0 saturated carbocycles. The Morgan fingerprint density at radius 3 is 2.53 bits per heavy atom. The maximum Gasteiger partial charge on any atom is 0.282 e. The van der Waals surface area contributed by atoms with Gasteiger partial charge in [0.2, 0.25) is 0 Å². The van der Waals surface area contributed by atoms with Crippen LogP contribution in [0, 0.1) is 0 Å². The molecule has 5 rings (SSSR count). The number of H-pyrrole nitrogens is 1. The van der Waals surface area contributed by atoms with E-state index >= 15 is 0 Å². The Kier molecular flexibility index (Phi) is 4.57. The molecule has 2 heterocycles. The molecule has 0 unspecified atom stereocenters. The van der Waals surface area contributed by atoms with Crippen molar-refractivity contribution >= 4 is 28.0 Å². The third-order valence-electron chi connectivity index (χ3n) is 4.87. The number of hydrogen-bond acceptors (Lipinski definition) is 4. The Labute approximate surface area is 172 Å². The van der Waals surface area contributed by atoms with Crippen LogP contribution in [0.1, 0.15) is 11.4 Å². The quantitative estimate of drug-likeness (QED) is 0.451. The number of aromatic amines is 1. The molecule has 3 aromatic carbocycles. The van der Waals surface area contributed by atoms with Crippen molar-refractivity contribution in [2.24, 2.45) is 5.10 Å². The van der Waals surface area contributed by atoms with Crippen molar-refractivity contribution in [3.05, 3.63) is 107 Å². The van der Waals surface area contributed by atoms with Crippen LogP contribution in [0.4, 0.5) is 0 Å². The number of ether oxygens (including phenoxy) is 1. The van der Waals surface area contributed by atoms with E-state index in [0.717, 1.165) is 16.5 Å². The Bertz CT molecular complexity index is 1420. The van der Waals surface area contributed by atoms with Gasteiger partial charge in [0.1, 0.15) is 12.4 Å². The maximum atomic E-state index is 13.1. The summed E-state index contributed by atoms with van der Waals surface area (Å²) in [5.74, 6) is 1.13. The SMILES string of the molecule is O=c1c2ccccc2nc(COc2ccccc2)n1/N=C/c1c[nH]c2ccccc12. The highest BCUT2D eigenvalue weighted by Gasteiger charge is 2.11. The Morgan fingerprint density at radius 1 is 0.933 bits per heavy atom. The van der Waals surface area contributed by atoms with E-state index in [1.165, 1.54) is 4.68 Å². The lowest BCUT2D eigenvalue weighted by Gasteiger charge is -2.10. The highest BCUT2D eigenvalue weighted by Crippen LogP contribution is 2.16. The molecule has 0 aliphatic carbocycles. The van der Waals surface area contributed by atoms with Gasteiger partial charge in [-0.15, -0.1) is 0 Å². The summed E-state index contributed by atoms with van der Waals surface area (Å²) in [5.41, 5.74) is 2.28. The summed E-state index contributed by atoms with van der Waals surface area (Å²) in [7, 11) is 0. The lowest BCUT2D eigenvalue weighted by molar-refractivity contribution is 0.289. The molecule has 6 heteroatoms. The van der Waals surface area contributed by atoms with Gasteiger partial charge >= 0.3 is 0 Å². The average molecular weight is 394 g/mol. The highest BCUT2D eigenvalue weighted by molar-refractivity contribution is 5.98. The van der Waals surface area contributed by atoms with E-state index in [4.69, 9.17) is 4.74 Å². The average Bonchev–Trinajstić information content (AvgIpc) is 3.21. The van der Waals surface area contributed by atoms with E-state index in [0.29, 0.717) is 22.5 Å². The summed E-state index contributed by atoms with van der Waals surface area (Å²) >= 11 is 0. The smallest absolute Gasteiger partial charge is 0.282 e. The summed E-state index contributed by atoms with van der Waals surface area (Å²) in [6.45, 7) is 0.120. The van der Waals surface area contributed by atoms with Crippen molar-refractivity contribution in [1.29, 1.82) is 0 Å². The molecule has 0 aliphatic heterocycles. The minimum atomic E-state index is -0.233. The van der Waals surface area contributed by atoms with Crippen LogP contribution >= 0.6 is 0 Å². The van der Waals surface area contributed by atoms with Gasteiger partial charge in [-0.2, -0.15) is 9.78 Å². The normalized spacial score (nSPS) is 11.5. The number of aromatic nitrogens is 3. The molecule has 2 aromatic heterocycles. The van der Waals surface area contributed by atoms with E-state index in [1.54, 1.807) is 12.3 Å². The highest BCUT2D eigenvalue weighted by atomic mass is 16.5. The molecular formula is C24H18N4O2. The number of rotatable bonds is 5. The van der Waals surface area contributed by atoms with Gasteiger partial charge in [-0.3, -0.25) is 4.79 Å². The molecule has 1 N–H and O–H groups in total. The lowest BCUT2D eigenvalue weighted by Crippen LogP contribution is -2.23. The van der Waals surface area contributed by atoms with Crippen molar-refractivity contribution in [2.75, 3.05) is 0 Å². The third-order valence-corrected chi connectivity index (χ3v) is 4.87. The van der Waals surface area contributed by atoms with Crippen molar-refractivity contribution < 1.29 is 4.74 Å². The van der Waals surface area contributed by atoms with Gasteiger partial charge < -0.3 is 9.72 Å². The van der Waals surface area contributed by atoms with Gasteiger partial charge in [0.15, 0.2) is 5.82 Å². The first kappa shape index (κ1) is 17.9. The molecule has 0 amide bonds. The van der Waals surface area contributed by atoms with Crippen LogP contribution < -0.4 is 10.3 Å². The van der Waals surface area contributed by atoms with Crippen molar-refractivity contribution in [3.8, 4) is 5.75 Å². The van der Waals surface area contributed by atoms with E-state index in [-0.39, 0.29) is 12.2 Å². The summed E-state index contributed by atoms with van der Waals surface area (Å²) in [6.07, 6.45) is 3.54. The zero-order chi connectivity index (χ0) is 20.3. The second-order valence-corrected chi connectivity index (χ2v) is 6.80. The van der Waals surface area contributed by atoms with Gasteiger partial charge in [0, 0.05) is 22.7 Å². The van der Waals surface area contributed by atoms with Gasteiger partial charge in [0.25, 0.3) is 5.56 Å². The van der Waals surface area contributed by atoms with Crippen LogP contribution in [0.3, 0.4) is 0 Å². The van der Waals surface area contributed by atoms with Crippen LogP contribution in [0.5, 0.6) is 5.75 Å². The predicted octanol–water partition coefficient (Wildman–Crippen LogP) is 4.34. The standard InChI is InChI=1S/C24H18N4O2/c29-24-20-11-5-7-13-22(20)27-23(16-30-18-8-2-1-3-9-18)28(24)26-15-17-14-25-21-12-6-4-10-19(17)21/h1-15,25H,16H2/b26-15+. The first-order chi connectivity index (χ1) is 14.8. The van der Waals surface area contributed by atoms with Gasteiger partial charge in [-0.1, -0.05) is 48.5 Å². The fourth-order valence-corrected chi connectivity index (χ4v) is 3.37. The molecule has 0 spiro atoms. The van der Waals surface area contributed by atoms with E-state index in [9.17, 15) is 4.79 Å². The third kappa shape index (κ3) is 3.35. The summed E-state index contributed by atoms with van der Waals surface area (Å²) in [5, 5.41) is 6.02. The van der Waals surface area contributed by atoms with Crippen molar-refractivity contribution in [2.45, 2.75) is 6.61 Å². The zero-order valence-electron chi connectivity index (χ0n) is 16.0. The second-order valence-electron chi connectivity index (χ2n) is 6.80. The van der Waals surface area contributed by atoms with Crippen molar-refractivity contribution in [3.63, 3.8) is 0 Å². The largest absolute Gasteiger partial charge is 0.486 e. The molecule has 5 aromatic rings. The first-order valence-electron chi connectivity index (χ1n) is 9.58. The Hall–Kier alpha value is -4.19. The number of fused-ring (bicyclic) bond motifs is 2. The summed E-state index contributed by atoms with van der Waals surface area (Å²) in [4.78, 5) is 21.0. The number of nitrogens with zero attached hydrogens (tertiary/aromatic N) is 3. The fourth-order valence-electron chi connectivity index (χ4n) is 3.37. The van der Waals surface area contributed by atoms with E-state index in [1.807, 2.05) is 79.0 Å². The second kappa shape index (κ2) is 7.67. The van der Waals surface area contributed by atoms with E-state index < -0.39 is 0 Å². The van der Waals surface area contributed by atoms with E-state index in [2.05, 4.69) is 15.1 Å². The lowest BCUT2D eigenvalue weighted by atomic mass is 10.2. The zero-order valence-corrected chi connectivity index (χ0v) is 16.0.